The minimum Gasteiger partial charge on any atom is -0.300 e. The van der Waals surface area contributed by atoms with Crippen molar-refractivity contribution in [2.75, 3.05) is 13.1 Å². The van der Waals surface area contributed by atoms with Crippen LogP contribution in [0.5, 0.6) is 0 Å². The Morgan fingerprint density at radius 2 is 1.61 bits per heavy atom. The summed E-state index contributed by atoms with van der Waals surface area (Å²) in [5.41, 5.74) is 2.17. The van der Waals surface area contributed by atoms with E-state index in [-0.39, 0.29) is 5.75 Å². The van der Waals surface area contributed by atoms with Crippen molar-refractivity contribution in [1.29, 1.82) is 0 Å². The summed E-state index contributed by atoms with van der Waals surface area (Å²) in [5.74, 6) is 1.53. The molecule has 0 bridgehead atoms. The molecule has 0 spiro atoms. The summed E-state index contributed by atoms with van der Waals surface area (Å²) < 4.78 is 30.8. The van der Waals surface area contributed by atoms with Crippen LogP contribution in [0.15, 0.2) is 59.8 Å². The van der Waals surface area contributed by atoms with Crippen molar-refractivity contribution >= 4 is 22.8 Å². The van der Waals surface area contributed by atoms with Crippen LogP contribution >= 0.6 is 11.8 Å². The van der Waals surface area contributed by atoms with E-state index in [4.69, 9.17) is 0 Å². The first kappa shape index (κ1) is 22.0. The maximum absolute atomic E-state index is 13.8. The second-order valence-electron chi connectivity index (χ2n) is 8.26. The van der Waals surface area contributed by atoms with Gasteiger partial charge in [0.2, 0.25) is 0 Å². The molecule has 6 nitrogen and oxygen atoms in total. The molecule has 0 atom stereocenters. The Hall–Kier alpha value is -2.78. The molecule has 1 aliphatic heterocycles. The largest absolute Gasteiger partial charge is 0.320 e. The van der Waals surface area contributed by atoms with Crippen molar-refractivity contribution in [3.05, 3.63) is 71.8 Å². The summed E-state index contributed by atoms with van der Waals surface area (Å²) in [5, 5.41) is 9.66. The molecule has 172 valence electrons. The van der Waals surface area contributed by atoms with E-state index in [1.807, 2.05) is 24.3 Å². The summed E-state index contributed by atoms with van der Waals surface area (Å²) in [6.45, 7) is 0.878. The number of piperidine rings is 1. The van der Waals surface area contributed by atoms with Crippen molar-refractivity contribution in [2.45, 2.75) is 49.8 Å². The number of halogens is 2. The van der Waals surface area contributed by atoms with Crippen molar-refractivity contribution in [3.8, 4) is 0 Å². The van der Waals surface area contributed by atoms with Crippen LogP contribution in [0.2, 0.25) is 0 Å². The highest BCUT2D eigenvalue weighted by Gasteiger charge is 2.21. The molecule has 4 aromatic rings. The second kappa shape index (κ2) is 10.0. The second-order valence-corrected chi connectivity index (χ2v) is 9.20. The van der Waals surface area contributed by atoms with Gasteiger partial charge in [-0.15, -0.1) is 10.2 Å². The van der Waals surface area contributed by atoms with Crippen molar-refractivity contribution in [3.63, 3.8) is 0 Å². The summed E-state index contributed by atoms with van der Waals surface area (Å²) in [7, 11) is 0. The third-order valence-corrected chi connectivity index (χ3v) is 6.95. The number of nitrogens with zero attached hydrogens (tertiary/aromatic N) is 6. The topological polar surface area (TPSA) is 51.8 Å². The Bertz CT molecular complexity index is 1200. The highest BCUT2D eigenvalue weighted by molar-refractivity contribution is 7.98. The molecule has 0 N–H and O–H groups in total. The first-order valence-corrected chi connectivity index (χ1v) is 12.2. The number of fused-ring (bicyclic) bond motifs is 1. The average Bonchev–Trinajstić information content (AvgIpc) is 3.40. The van der Waals surface area contributed by atoms with E-state index in [1.54, 1.807) is 18.2 Å². The Labute approximate surface area is 195 Å². The monoisotopic (exact) mass is 468 g/mol. The van der Waals surface area contributed by atoms with Crippen molar-refractivity contribution in [1.82, 2.24) is 29.2 Å². The standard InChI is InChI=1S/C24H26F2N6S/c25-23(26)32-20-12-6-5-11-19(20)27-22(32)17-33-24-29-28-21(16-30-13-7-2-8-14-30)31(24)15-18-9-3-1-4-10-18/h1,3-6,9-12,23H,2,7-8,13-17H2. The van der Waals surface area contributed by atoms with E-state index in [0.717, 1.165) is 40.7 Å². The van der Waals surface area contributed by atoms with Crippen LogP contribution in [0.1, 0.15) is 43.0 Å². The van der Waals surface area contributed by atoms with Gasteiger partial charge < -0.3 is 4.57 Å². The van der Waals surface area contributed by atoms with Crippen LogP contribution in [0.25, 0.3) is 11.0 Å². The van der Waals surface area contributed by atoms with Gasteiger partial charge in [-0.2, -0.15) is 8.78 Å². The molecule has 2 aromatic heterocycles. The van der Waals surface area contributed by atoms with E-state index in [2.05, 4.69) is 36.8 Å². The van der Waals surface area contributed by atoms with Crippen molar-refractivity contribution in [2.24, 2.45) is 0 Å². The number of para-hydroxylation sites is 2. The van der Waals surface area contributed by atoms with Gasteiger partial charge in [0.1, 0.15) is 11.6 Å². The van der Waals surface area contributed by atoms with Crippen LogP contribution in [-0.2, 0) is 18.8 Å². The number of hydrogen-bond donors (Lipinski definition) is 0. The van der Waals surface area contributed by atoms with E-state index < -0.39 is 6.55 Å². The number of imidazole rings is 1. The van der Waals surface area contributed by atoms with Gasteiger partial charge in [0, 0.05) is 0 Å². The number of alkyl halides is 2. The van der Waals surface area contributed by atoms with Gasteiger partial charge in [0.25, 0.3) is 0 Å². The molecule has 0 unspecified atom stereocenters. The van der Waals surface area contributed by atoms with Crippen LogP contribution < -0.4 is 0 Å². The van der Waals surface area contributed by atoms with E-state index in [0.29, 0.717) is 23.4 Å². The van der Waals surface area contributed by atoms with Gasteiger partial charge in [-0.1, -0.05) is 60.6 Å². The highest BCUT2D eigenvalue weighted by atomic mass is 32.2. The highest BCUT2D eigenvalue weighted by Crippen LogP contribution is 2.29. The number of likely N-dealkylation sites (tertiary alicyclic amines) is 1. The molecule has 1 aliphatic rings. The van der Waals surface area contributed by atoms with Crippen LogP contribution in [0, 0.1) is 0 Å². The van der Waals surface area contributed by atoms with Gasteiger partial charge in [0.15, 0.2) is 5.16 Å². The van der Waals surface area contributed by atoms with Gasteiger partial charge in [-0.25, -0.2) is 4.98 Å². The molecule has 0 aliphatic carbocycles. The first-order chi connectivity index (χ1) is 16.2. The maximum atomic E-state index is 13.8. The van der Waals surface area contributed by atoms with Gasteiger partial charge in [-0.3, -0.25) is 9.47 Å². The zero-order valence-corrected chi connectivity index (χ0v) is 19.1. The lowest BCUT2D eigenvalue weighted by Crippen LogP contribution is -2.30. The quantitative estimate of drug-likeness (QED) is 0.326. The number of hydrogen-bond acceptors (Lipinski definition) is 5. The van der Waals surface area contributed by atoms with Crippen LogP contribution in [0.4, 0.5) is 8.78 Å². The number of aromatic nitrogens is 5. The van der Waals surface area contributed by atoms with Crippen molar-refractivity contribution < 1.29 is 8.78 Å². The Balaban J connectivity index is 1.41. The number of thioether (sulfide) groups is 1. The average molecular weight is 469 g/mol. The maximum Gasteiger partial charge on any atom is 0.320 e. The SMILES string of the molecule is FC(F)n1c(CSc2nnc(CN3CCCCC3)n2Cc2ccccc2)nc2ccccc21. The molecular formula is C24H26F2N6S. The molecule has 1 saturated heterocycles. The summed E-state index contributed by atoms with van der Waals surface area (Å²) >= 11 is 1.40. The fourth-order valence-corrected chi connectivity index (χ4v) is 5.21. The summed E-state index contributed by atoms with van der Waals surface area (Å²) in [4.78, 5) is 6.88. The fraction of sp³-hybridized carbons (Fsp3) is 0.375. The molecule has 5 rings (SSSR count). The van der Waals surface area contributed by atoms with Crippen LogP contribution in [-0.4, -0.2) is 42.3 Å². The normalized spacial score (nSPS) is 15.0. The predicted octanol–water partition coefficient (Wildman–Crippen LogP) is 5.35. The smallest absolute Gasteiger partial charge is 0.300 e. The minimum absolute atomic E-state index is 0.287. The Morgan fingerprint density at radius 1 is 0.848 bits per heavy atom. The number of benzene rings is 2. The molecule has 0 amide bonds. The van der Waals surface area contributed by atoms with E-state index in [1.165, 1.54) is 31.0 Å². The third kappa shape index (κ3) is 4.94. The van der Waals surface area contributed by atoms with Crippen LogP contribution in [0.3, 0.4) is 0 Å². The molecule has 2 aromatic carbocycles. The van der Waals surface area contributed by atoms with Gasteiger partial charge in [-0.05, 0) is 43.6 Å². The fourth-order valence-electron chi connectivity index (χ4n) is 4.33. The lowest BCUT2D eigenvalue weighted by molar-refractivity contribution is 0.0722. The lowest BCUT2D eigenvalue weighted by Gasteiger charge is -2.26. The Morgan fingerprint density at radius 3 is 2.39 bits per heavy atom. The molecule has 3 heterocycles. The zero-order valence-electron chi connectivity index (χ0n) is 18.3. The van der Waals surface area contributed by atoms with Gasteiger partial charge >= 0.3 is 6.55 Å². The summed E-state index contributed by atoms with van der Waals surface area (Å²) in [6, 6.07) is 17.2. The number of rotatable bonds is 8. The predicted molar refractivity (Wildman–Crippen MR) is 125 cm³/mol. The Kier molecular flexibility index (Phi) is 6.68. The van der Waals surface area contributed by atoms with Gasteiger partial charge in [0.05, 0.1) is 29.9 Å². The zero-order chi connectivity index (χ0) is 22.6. The minimum atomic E-state index is -2.65. The molecule has 0 saturated carbocycles. The molecule has 33 heavy (non-hydrogen) atoms. The van der Waals surface area contributed by atoms with E-state index in [9.17, 15) is 8.78 Å². The summed E-state index contributed by atoms with van der Waals surface area (Å²) in [6.07, 6.45) is 3.69. The molecule has 0 radical (unpaired) electrons. The third-order valence-electron chi connectivity index (χ3n) is 5.99. The molecular weight excluding hydrogens is 442 g/mol. The lowest BCUT2D eigenvalue weighted by atomic mass is 10.1. The molecule has 1 fully saturated rings. The van der Waals surface area contributed by atoms with E-state index >= 15 is 0 Å². The first-order valence-electron chi connectivity index (χ1n) is 11.2. The molecule has 9 heteroatoms.